The predicted molar refractivity (Wildman–Crippen MR) is 90.4 cm³/mol. The van der Waals surface area contributed by atoms with Crippen molar-refractivity contribution in [2.45, 2.75) is 26.2 Å². The van der Waals surface area contributed by atoms with Gasteiger partial charge in [0.15, 0.2) is 0 Å². The molecule has 1 fully saturated rings. The van der Waals surface area contributed by atoms with Gasteiger partial charge >= 0.3 is 0 Å². The molecule has 4 nitrogen and oxygen atoms in total. The molecule has 3 N–H and O–H groups in total. The van der Waals surface area contributed by atoms with Crippen LogP contribution in [-0.2, 0) is 4.79 Å². The Bertz CT molecular complexity index is 514. The number of carbonyl (C=O) groups excluding carboxylic acids is 1. The first-order chi connectivity index (χ1) is 10.1. The monoisotopic (exact) mass is 305 g/mol. The van der Waals surface area contributed by atoms with Crippen LogP contribution in [0.2, 0.25) is 0 Å². The van der Waals surface area contributed by atoms with Crippen LogP contribution in [-0.4, -0.2) is 35.4 Å². The first-order valence-electron chi connectivity index (χ1n) is 7.50. The van der Waals surface area contributed by atoms with E-state index < -0.39 is 0 Å². The second kappa shape index (κ2) is 7.52. The third-order valence-corrected chi connectivity index (χ3v) is 4.22. The minimum Gasteiger partial charge on any atom is -0.389 e. The molecule has 0 aromatic heterocycles. The van der Waals surface area contributed by atoms with Crippen LogP contribution in [0.4, 0.5) is 5.69 Å². The van der Waals surface area contributed by atoms with Gasteiger partial charge in [-0.25, -0.2) is 0 Å². The highest BCUT2D eigenvalue weighted by molar-refractivity contribution is 7.80. The summed E-state index contributed by atoms with van der Waals surface area (Å²) in [5, 5.41) is 2.92. The molecule has 0 saturated heterocycles. The third-order valence-electron chi connectivity index (χ3n) is 3.99. The lowest BCUT2D eigenvalue weighted by Gasteiger charge is -2.31. The van der Waals surface area contributed by atoms with E-state index in [4.69, 9.17) is 18.0 Å². The van der Waals surface area contributed by atoms with E-state index in [1.54, 1.807) is 0 Å². The Hall–Kier alpha value is -1.46. The molecule has 5 heteroatoms. The number of hydrogen-bond donors (Lipinski definition) is 2. The molecule has 1 aliphatic rings. The maximum absolute atomic E-state index is 12.1. The van der Waals surface area contributed by atoms with Crippen molar-refractivity contribution in [3.8, 4) is 0 Å². The summed E-state index contributed by atoms with van der Waals surface area (Å²) in [7, 11) is 0. The fourth-order valence-corrected chi connectivity index (χ4v) is 2.63. The Morgan fingerprint density at radius 3 is 2.81 bits per heavy atom. The van der Waals surface area contributed by atoms with Crippen molar-refractivity contribution in [2.75, 3.05) is 25.0 Å². The lowest BCUT2D eigenvalue weighted by atomic mass is 9.85. The van der Waals surface area contributed by atoms with Crippen molar-refractivity contribution in [1.82, 2.24) is 4.90 Å². The van der Waals surface area contributed by atoms with Crippen LogP contribution < -0.4 is 11.1 Å². The molecule has 1 saturated carbocycles. The largest absolute Gasteiger partial charge is 0.389 e. The molecule has 0 heterocycles. The van der Waals surface area contributed by atoms with E-state index in [1.165, 1.54) is 19.3 Å². The van der Waals surface area contributed by atoms with Crippen LogP contribution in [0.15, 0.2) is 24.3 Å². The van der Waals surface area contributed by atoms with Crippen molar-refractivity contribution in [1.29, 1.82) is 0 Å². The number of amides is 1. The van der Waals surface area contributed by atoms with E-state index in [0.717, 1.165) is 30.3 Å². The molecule has 1 aromatic carbocycles. The number of thiocarbonyl (C=S) groups is 1. The molecule has 0 atom stereocenters. The van der Waals surface area contributed by atoms with Crippen LogP contribution in [0.25, 0.3) is 0 Å². The van der Waals surface area contributed by atoms with Crippen LogP contribution in [0.1, 0.15) is 31.7 Å². The van der Waals surface area contributed by atoms with Gasteiger partial charge in [-0.05, 0) is 37.4 Å². The van der Waals surface area contributed by atoms with Crippen molar-refractivity contribution in [3.63, 3.8) is 0 Å². The molecule has 0 bridgehead atoms. The highest BCUT2D eigenvalue weighted by atomic mass is 32.1. The molecule has 0 radical (unpaired) electrons. The number of benzene rings is 1. The van der Waals surface area contributed by atoms with Crippen molar-refractivity contribution in [2.24, 2.45) is 11.7 Å². The van der Waals surface area contributed by atoms with Gasteiger partial charge in [0.25, 0.3) is 0 Å². The number of likely N-dealkylation sites (N-methyl/N-ethyl adjacent to an activating group) is 1. The minimum absolute atomic E-state index is 0.0104. The van der Waals surface area contributed by atoms with Gasteiger partial charge in [-0.2, -0.15) is 0 Å². The topological polar surface area (TPSA) is 58.4 Å². The van der Waals surface area contributed by atoms with Crippen LogP contribution in [0, 0.1) is 5.92 Å². The quantitative estimate of drug-likeness (QED) is 0.759. The fourth-order valence-electron chi connectivity index (χ4n) is 2.50. The molecule has 21 heavy (non-hydrogen) atoms. The predicted octanol–water partition coefficient (Wildman–Crippen LogP) is 2.38. The third kappa shape index (κ3) is 4.79. The number of nitrogens with two attached hydrogens (primary N) is 1. The lowest BCUT2D eigenvalue weighted by Crippen LogP contribution is -2.38. The fraction of sp³-hybridized carbons (Fsp3) is 0.500. The number of nitrogens with one attached hydrogen (secondary N) is 1. The molecular weight excluding hydrogens is 282 g/mol. The van der Waals surface area contributed by atoms with E-state index in [2.05, 4.69) is 17.1 Å². The molecule has 1 aromatic rings. The zero-order chi connectivity index (χ0) is 15.2. The summed E-state index contributed by atoms with van der Waals surface area (Å²) in [6.07, 6.45) is 3.93. The lowest BCUT2D eigenvalue weighted by molar-refractivity contribution is -0.117. The maximum atomic E-state index is 12.1. The van der Waals surface area contributed by atoms with Crippen molar-refractivity contribution in [3.05, 3.63) is 29.8 Å². The Balaban J connectivity index is 1.87. The minimum atomic E-state index is 0.0104. The summed E-state index contributed by atoms with van der Waals surface area (Å²) in [4.78, 5) is 14.7. The van der Waals surface area contributed by atoms with Gasteiger partial charge in [-0.3, -0.25) is 9.69 Å². The summed E-state index contributed by atoms with van der Waals surface area (Å²) in [5.74, 6) is 0.784. The SMILES string of the molecule is CCN(CC(=O)Nc1cccc(C(N)=S)c1)CC1CCC1. The molecule has 0 spiro atoms. The zero-order valence-corrected chi connectivity index (χ0v) is 13.3. The second-order valence-electron chi connectivity index (χ2n) is 5.62. The van der Waals surface area contributed by atoms with Crippen molar-refractivity contribution < 1.29 is 4.79 Å². The molecular formula is C16H23N3OS. The van der Waals surface area contributed by atoms with Gasteiger partial charge in [0, 0.05) is 17.8 Å². The maximum Gasteiger partial charge on any atom is 0.238 e. The van der Waals surface area contributed by atoms with Gasteiger partial charge in [-0.1, -0.05) is 37.7 Å². The highest BCUT2D eigenvalue weighted by Gasteiger charge is 2.21. The zero-order valence-electron chi connectivity index (χ0n) is 12.5. The number of nitrogens with zero attached hydrogens (tertiary/aromatic N) is 1. The molecule has 2 rings (SSSR count). The average molecular weight is 305 g/mol. The molecule has 1 amide bonds. The van der Waals surface area contributed by atoms with E-state index >= 15 is 0 Å². The van der Waals surface area contributed by atoms with E-state index in [0.29, 0.717) is 11.5 Å². The summed E-state index contributed by atoms with van der Waals surface area (Å²) in [6.45, 7) is 4.46. The molecule has 0 aliphatic heterocycles. The standard InChI is InChI=1S/C16H23N3OS/c1-2-19(10-12-5-3-6-12)11-15(20)18-14-8-4-7-13(9-14)16(17)21/h4,7-9,12H,2-3,5-6,10-11H2,1H3,(H2,17,21)(H,18,20). The molecule has 1 aliphatic carbocycles. The Morgan fingerprint density at radius 1 is 1.48 bits per heavy atom. The summed E-state index contributed by atoms with van der Waals surface area (Å²) in [5.41, 5.74) is 7.11. The first kappa shape index (κ1) is 15.9. The Labute approximate surface area is 131 Å². The van der Waals surface area contributed by atoms with E-state index in [1.807, 2.05) is 24.3 Å². The summed E-state index contributed by atoms with van der Waals surface area (Å²) >= 11 is 4.95. The van der Waals surface area contributed by atoms with E-state index in [9.17, 15) is 4.79 Å². The normalized spacial score (nSPS) is 14.8. The Morgan fingerprint density at radius 2 is 2.24 bits per heavy atom. The Kier molecular flexibility index (Phi) is 5.70. The number of hydrogen-bond acceptors (Lipinski definition) is 3. The highest BCUT2D eigenvalue weighted by Crippen LogP contribution is 2.26. The molecule has 0 unspecified atom stereocenters. The van der Waals surface area contributed by atoms with Crippen LogP contribution >= 0.6 is 12.2 Å². The van der Waals surface area contributed by atoms with Gasteiger partial charge < -0.3 is 11.1 Å². The summed E-state index contributed by atoms with van der Waals surface area (Å²) in [6, 6.07) is 7.34. The van der Waals surface area contributed by atoms with Gasteiger partial charge in [0.1, 0.15) is 4.99 Å². The van der Waals surface area contributed by atoms with Crippen LogP contribution in [0.5, 0.6) is 0 Å². The second-order valence-corrected chi connectivity index (χ2v) is 6.06. The summed E-state index contributed by atoms with van der Waals surface area (Å²) < 4.78 is 0. The number of anilines is 1. The van der Waals surface area contributed by atoms with Crippen LogP contribution in [0.3, 0.4) is 0 Å². The number of carbonyl (C=O) groups is 1. The van der Waals surface area contributed by atoms with E-state index in [-0.39, 0.29) is 5.91 Å². The first-order valence-corrected chi connectivity index (χ1v) is 7.91. The van der Waals surface area contributed by atoms with Gasteiger partial charge in [0.05, 0.1) is 6.54 Å². The molecule has 114 valence electrons. The van der Waals surface area contributed by atoms with Crippen molar-refractivity contribution >= 4 is 28.8 Å². The van der Waals surface area contributed by atoms with Gasteiger partial charge in [0.2, 0.25) is 5.91 Å². The smallest absolute Gasteiger partial charge is 0.238 e. The average Bonchev–Trinajstić information content (AvgIpc) is 2.41. The number of rotatable bonds is 7. The van der Waals surface area contributed by atoms with Gasteiger partial charge in [-0.15, -0.1) is 0 Å².